The maximum atomic E-state index is 12.1. The first kappa shape index (κ1) is 18.0. The van der Waals surface area contributed by atoms with E-state index in [-0.39, 0.29) is 5.91 Å². The molecule has 3 N–H and O–H groups in total. The van der Waals surface area contributed by atoms with Crippen LogP contribution in [0, 0.1) is 11.8 Å². The van der Waals surface area contributed by atoms with E-state index >= 15 is 0 Å². The molecule has 0 spiro atoms. The van der Waals surface area contributed by atoms with Gasteiger partial charge in [0.25, 0.3) is 0 Å². The maximum absolute atomic E-state index is 12.1. The van der Waals surface area contributed by atoms with Gasteiger partial charge in [-0.1, -0.05) is 0 Å². The highest BCUT2D eigenvalue weighted by Gasteiger charge is 2.31. The Hall–Kier alpha value is -2.34. The first-order valence-corrected chi connectivity index (χ1v) is 9.80. The zero-order valence-corrected chi connectivity index (χ0v) is 15.8. The van der Waals surface area contributed by atoms with Gasteiger partial charge in [0.2, 0.25) is 11.8 Å². The van der Waals surface area contributed by atoms with E-state index < -0.39 is 5.91 Å². The Morgan fingerprint density at radius 3 is 2.70 bits per heavy atom. The van der Waals surface area contributed by atoms with Crippen LogP contribution in [0.1, 0.15) is 40.9 Å². The largest absolute Gasteiger partial charge is 0.381 e. The van der Waals surface area contributed by atoms with Crippen LogP contribution in [0.2, 0.25) is 0 Å². The highest BCUT2D eigenvalue weighted by atomic mass is 16.5. The third-order valence-corrected chi connectivity index (χ3v) is 6.30. The van der Waals surface area contributed by atoms with E-state index in [4.69, 9.17) is 10.5 Å². The SMILES string of the molecule is CNC(=O)Cn1c2c(c3cc(C(N)=O)ccc31)CC(C1CCOCC1)CC2. The van der Waals surface area contributed by atoms with Gasteiger partial charge in [0.1, 0.15) is 6.54 Å². The van der Waals surface area contributed by atoms with Gasteiger partial charge in [-0.3, -0.25) is 9.59 Å². The van der Waals surface area contributed by atoms with Crippen molar-refractivity contribution in [3.63, 3.8) is 0 Å². The smallest absolute Gasteiger partial charge is 0.248 e. The van der Waals surface area contributed by atoms with Gasteiger partial charge in [0.05, 0.1) is 0 Å². The number of nitrogens with two attached hydrogens (primary N) is 1. The zero-order valence-electron chi connectivity index (χ0n) is 15.8. The summed E-state index contributed by atoms with van der Waals surface area (Å²) < 4.78 is 7.65. The van der Waals surface area contributed by atoms with Crippen molar-refractivity contribution in [2.75, 3.05) is 20.3 Å². The number of likely N-dealkylation sites (N-methyl/N-ethyl adjacent to an activating group) is 1. The van der Waals surface area contributed by atoms with Crippen molar-refractivity contribution in [1.29, 1.82) is 0 Å². The Morgan fingerprint density at radius 2 is 2.00 bits per heavy atom. The van der Waals surface area contributed by atoms with Crippen molar-refractivity contribution in [2.45, 2.75) is 38.6 Å². The van der Waals surface area contributed by atoms with Gasteiger partial charge in [-0.25, -0.2) is 0 Å². The second-order valence-corrected chi connectivity index (χ2v) is 7.73. The first-order chi connectivity index (χ1) is 13.1. The minimum Gasteiger partial charge on any atom is -0.381 e. The van der Waals surface area contributed by atoms with Crippen LogP contribution in [0.5, 0.6) is 0 Å². The summed E-state index contributed by atoms with van der Waals surface area (Å²) in [6.07, 6.45) is 5.37. The molecule has 1 aromatic carbocycles. The van der Waals surface area contributed by atoms with Gasteiger partial charge in [0.15, 0.2) is 0 Å². The lowest BCUT2D eigenvalue weighted by molar-refractivity contribution is -0.121. The summed E-state index contributed by atoms with van der Waals surface area (Å²) in [5, 5.41) is 3.79. The number of carbonyl (C=O) groups is 2. The molecule has 6 nitrogen and oxygen atoms in total. The van der Waals surface area contributed by atoms with Crippen molar-refractivity contribution in [2.24, 2.45) is 17.6 Å². The molecule has 0 radical (unpaired) electrons. The van der Waals surface area contributed by atoms with Crippen molar-refractivity contribution in [3.8, 4) is 0 Å². The Morgan fingerprint density at radius 1 is 1.22 bits per heavy atom. The minimum atomic E-state index is -0.415. The first-order valence-electron chi connectivity index (χ1n) is 9.80. The van der Waals surface area contributed by atoms with E-state index in [0.717, 1.165) is 56.2 Å². The average Bonchev–Trinajstić information content (AvgIpc) is 3.01. The summed E-state index contributed by atoms with van der Waals surface area (Å²) in [6.45, 7) is 2.02. The standard InChI is InChI=1S/C21H27N3O3/c1-23-20(25)12-24-18-4-2-14(13-6-8-27-9-7-13)10-16(18)17-11-15(21(22)26)3-5-19(17)24/h3,5,11,13-14H,2,4,6-10,12H2,1H3,(H2,22,26)(H,23,25). The molecule has 27 heavy (non-hydrogen) atoms. The molecule has 6 heteroatoms. The topological polar surface area (TPSA) is 86.4 Å². The number of hydrogen-bond acceptors (Lipinski definition) is 3. The quantitative estimate of drug-likeness (QED) is 0.864. The highest BCUT2D eigenvalue weighted by Crippen LogP contribution is 2.39. The van der Waals surface area contributed by atoms with Gasteiger partial charge >= 0.3 is 0 Å². The van der Waals surface area contributed by atoms with Gasteiger partial charge in [-0.15, -0.1) is 0 Å². The summed E-state index contributed by atoms with van der Waals surface area (Å²) in [5.41, 5.74) is 9.58. The summed E-state index contributed by atoms with van der Waals surface area (Å²) in [5.74, 6) is 0.906. The van der Waals surface area contributed by atoms with Crippen LogP contribution in [0.3, 0.4) is 0 Å². The molecule has 1 aliphatic carbocycles. The van der Waals surface area contributed by atoms with Crippen LogP contribution in [0.15, 0.2) is 18.2 Å². The lowest BCUT2D eigenvalue weighted by Gasteiger charge is -2.33. The highest BCUT2D eigenvalue weighted by molar-refractivity contribution is 5.98. The molecule has 1 saturated heterocycles. The Bertz CT molecular complexity index is 880. The molecule has 2 amide bonds. The van der Waals surface area contributed by atoms with E-state index in [1.165, 1.54) is 11.3 Å². The molecule has 1 aliphatic heterocycles. The van der Waals surface area contributed by atoms with E-state index in [1.54, 1.807) is 13.1 Å². The third kappa shape index (κ3) is 3.34. The number of ether oxygens (including phenoxy) is 1. The van der Waals surface area contributed by atoms with Crippen LogP contribution in [0.4, 0.5) is 0 Å². The monoisotopic (exact) mass is 369 g/mol. The second-order valence-electron chi connectivity index (χ2n) is 7.73. The predicted octanol–water partition coefficient (Wildman–Crippen LogP) is 2.02. The number of benzene rings is 1. The van der Waals surface area contributed by atoms with Crippen molar-refractivity contribution in [1.82, 2.24) is 9.88 Å². The van der Waals surface area contributed by atoms with Crippen molar-refractivity contribution in [3.05, 3.63) is 35.0 Å². The fraction of sp³-hybridized carbons (Fsp3) is 0.524. The number of primary amides is 1. The summed E-state index contributed by atoms with van der Waals surface area (Å²) in [6, 6.07) is 5.59. The van der Waals surface area contributed by atoms with Gasteiger partial charge in [-0.2, -0.15) is 0 Å². The van der Waals surface area contributed by atoms with E-state index in [1.807, 2.05) is 12.1 Å². The molecule has 0 saturated carbocycles. The number of hydrogen-bond donors (Lipinski definition) is 2. The molecule has 2 aliphatic rings. The fourth-order valence-electron chi connectivity index (χ4n) is 4.82. The molecular weight excluding hydrogens is 342 g/mol. The fourth-order valence-corrected chi connectivity index (χ4v) is 4.82. The molecule has 144 valence electrons. The summed E-state index contributed by atoms with van der Waals surface area (Å²) in [7, 11) is 1.66. The Labute approximate surface area is 159 Å². The van der Waals surface area contributed by atoms with E-state index in [0.29, 0.717) is 23.9 Å². The molecule has 4 rings (SSSR count). The summed E-state index contributed by atoms with van der Waals surface area (Å²) >= 11 is 0. The maximum Gasteiger partial charge on any atom is 0.248 e. The van der Waals surface area contributed by atoms with E-state index in [2.05, 4.69) is 9.88 Å². The normalized spacial score (nSPS) is 20.4. The molecule has 2 aromatic rings. The molecule has 1 unspecified atom stereocenters. The molecule has 1 fully saturated rings. The van der Waals surface area contributed by atoms with Gasteiger partial charge < -0.3 is 20.4 Å². The van der Waals surface area contributed by atoms with Gasteiger partial charge in [0, 0.05) is 42.4 Å². The van der Waals surface area contributed by atoms with Crippen LogP contribution >= 0.6 is 0 Å². The lowest BCUT2D eigenvalue weighted by Crippen LogP contribution is -2.29. The summed E-state index contributed by atoms with van der Waals surface area (Å²) in [4.78, 5) is 23.8. The second kappa shape index (κ2) is 7.35. The van der Waals surface area contributed by atoms with Crippen molar-refractivity contribution < 1.29 is 14.3 Å². The number of carbonyl (C=O) groups excluding carboxylic acids is 2. The molecule has 2 heterocycles. The van der Waals surface area contributed by atoms with Crippen LogP contribution < -0.4 is 11.1 Å². The molecule has 0 bridgehead atoms. The number of aromatic nitrogens is 1. The van der Waals surface area contributed by atoms with Crippen LogP contribution in [0.25, 0.3) is 10.9 Å². The van der Waals surface area contributed by atoms with Gasteiger partial charge in [-0.05, 0) is 67.7 Å². The number of fused-ring (bicyclic) bond motifs is 3. The Balaban J connectivity index is 1.76. The molecule has 1 aromatic heterocycles. The van der Waals surface area contributed by atoms with E-state index in [9.17, 15) is 9.59 Å². The lowest BCUT2D eigenvalue weighted by atomic mass is 9.75. The van der Waals surface area contributed by atoms with Crippen LogP contribution in [-0.4, -0.2) is 36.6 Å². The Kier molecular flexibility index (Phi) is 4.91. The molecular formula is C21H27N3O3. The number of nitrogens with zero attached hydrogens (tertiary/aromatic N) is 1. The minimum absolute atomic E-state index is 0.0137. The zero-order chi connectivity index (χ0) is 19.0. The number of amides is 2. The van der Waals surface area contributed by atoms with Crippen LogP contribution in [-0.2, 0) is 28.9 Å². The number of nitrogens with one attached hydrogen (secondary N) is 1. The third-order valence-electron chi connectivity index (χ3n) is 6.30. The average molecular weight is 369 g/mol. The van der Waals surface area contributed by atoms with Crippen molar-refractivity contribution >= 4 is 22.7 Å². The number of rotatable bonds is 4. The predicted molar refractivity (Wildman–Crippen MR) is 104 cm³/mol. The molecule has 1 atom stereocenters.